The zero-order chi connectivity index (χ0) is 16.7. The quantitative estimate of drug-likeness (QED) is 0.756. The molecule has 0 atom stereocenters. The van der Waals surface area contributed by atoms with Gasteiger partial charge in [0.25, 0.3) is 0 Å². The zero-order valence-corrected chi connectivity index (χ0v) is 15.1. The predicted octanol–water partition coefficient (Wildman–Crippen LogP) is 4.13. The maximum Gasteiger partial charge on any atom is 0.243 e. The molecule has 0 heterocycles. The lowest BCUT2D eigenvalue weighted by Gasteiger charge is -2.22. The molecule has 1 aliphatic carbocycles. The molecular formula is C18H23BrN2O2. The Morgan fingerprint density at radius 1 is 1.30 bits per heavy atom. The van der Waals surface area contributed by atoms with Gasteiger partial charge >= 0.3 is 0 Å². The van der Waals surface area contributed by atoms with Crippen molar-refractivity contribution < 1.29 is 9.59 Å². The summed E-state index contributed by atoms with van der Waals surface area (Å²) in [5, 5.41) is 2.83. The monoisotopic (exact) mass is 378 g/mol. The molecule has 1 aromatic rings. The normalized spacial score (nSPS) is 14.1. The first-order valence-electron chi connectivity index (χ1n) is 8.03. The van der Waals surface area contributed by atoms with Crippen LogP contribution < -0.4 is 5.32 Å². The lowest BCUT2D eigenvalue weighted by atomic mass is 9.97. The molecule has 1 aromatic carbocycles. The van der Waals surface area contributed by atoms with E-state index in [0.29, 0.717) is 6.54 Å². The fraction of sp³-hybridized carbons (Fsp3) is 0.444. The van der Waals surface area contributed by atoms with Crippen molar-refractivity contribution in [3.05, 3.63) is 40.4 Å². The summed E-state index contributed by atoms with van der Waals surface area (Å²) in [5.74, 6) is -0.235. The van der Waals surface area contributed by atoms with Crippen LogP contribution in [0.1, 0.15) is 39.0 Å². The van der Waals surface area contributed by atoms with Crippen LogP contribution in [-0.4, -0.2) is 29.8 Å². The molecule has 0 radical (unpaired) electrons. The third kappa shape index (κ3) is 6.18. The van der Waals surface area contributed by atoms with Crippen LogP contribution in [0.25, 0.3) is 0 Å². The summed E-state index contributed by atoms with van der Waals surface area (Å²) in [6, 6.07) is 7.42. The molecular weight excluding hydrogens is 356 g/mol. The number of hydrogen-bond acceptors (Lipinski definition) is 2. The summed E-state index contributed by atoms with van der Waals surface area (Å²) in [4.78, 5) is 25.5. The zero-order valence-electron chi connectivity index (χ0n) is 13.5. The van der Waals surface area contributed by atoms with E-state index in [1.54, 1.807) is 4.90 Å². The average Bonchev–Trinajstić information content (AvgIpc) is 2.52. The van der Waals surface area contributed by atoms with E-state index in [2.05, 4.69) is 27.3 Å². The van der Waals surface area contributed by atoms with Crippen molar-refractivity contribution >= 4 is 33.4 Å². The molecule has 1 N–H and O–H groups in total. The number of nitrogens with zero attached hydrogens (tertiary/aromatic N) is 1. The third-order valence-corrected chi connectivity index (χ3v) is 4.47. The molecule has 0 fully saturated rings. The molecule has 0 aliphatic heterocycles. The Morgan fingerprint density at radius 2 is 2.13 bits per heavy atom. The Bertz CT molecular complexity index is 598. The maximum atomic E-state index is 12.2. The number of carbonyl (C=O) groups excluding carboxylic acids is 2. The van der Waals surface area contributed by atoms with Gasteiger partial charge in [-0.05, 0) is 50.3 Å². The Balaban J connectivity index is 1.86. The number of benzene rings is 1. The van der Waals surface area contributed by atoms with Crippen molar-refractivity contribution in [1.29, 1.82) is 0 Å². The van der Waals surface area contributed by atoms with Gasteiger partial charge in [0, 0.05) is 23.6 Å². The van der Waals surface area contributed by atoms with Gasteiger partial charge in [0.15, 0.2) is 0 Å². The number of anilines is 1. The van der Waals surface area contributed by atoms with Crippen LogP contribution in [0.4, 0.5) is 5.69 Å². The van der Waals surface area contributed by atoms with Gasteiger partial charge in [-0.3, -0.25) is 9.59 Å². The molecule has 0 bridgehead atoms. The van der Waals surface area contributed by atoms with E-state index >= 15 is 0 Å². The number of amides is 2. The number of nitrogens with one attached hydrogen (secondary N) is 1. The minimum Gasteiger partial charge on any atom is -0.333 e. The highest BCUT2D eigenvalue weighted by Gasteiger charge is 2.15. The molecule has 23 heavy (non-hydrogen) atoms. The van der Waals surface area contributed by atoms with Gasteiger partial charge in [-0.25, -0.2) is 0 Å². The largest absolute Gasteiger partial charge is 0.333 e. The molecule has 4 nitrogen and oxygen atoms in total. The van der Waals surface area contributed by atoms with E-state index in [4.69, 9.17) is 0 Å². The summed E-state index contributed by atoms with van der Waals surface area (Å²) in [6.45, 7) is 2.21. The third-order valence-electron chi connectivity index (χ3n) is 3.98. The first-order valence-corrected chi connectivity index (χ1v) is 8.83. The first kappa shape index (κ1) is 17.7. The second-order valence-corrected chi connectivity index (χ2v) is 6.77. The molecule has 124 valence electrons. The Kier molecular flexibility index (Phi) is 6.84. The number of rotatable bonds is 6. The van der Waals surface area contributed by atoms with E-state index in [1.165, 1.54) is 25.3 Å². The van der Waals surface area contributed by atoms with Gasteiger partial charge in [-0.15, -0.1) is 0 Å². The van der Waals surface area contributed by atoms with E-state index in [1.807, 2.05) is 24.3 Å². The van der Waals surface area contributed by atoms with Crippen LogP contribution in [0, 0.1) is 0 Å². The van der Waals surface area contributed by atoms with Crippen LogP contribution in [-0.2, 0) is 9.59 Å². The first-order chi connectivity index (χ1) is 11.0. The summed E-state index contributed by atoms with van der Waals surface area (Å²) in [6.07, 6.45) is 7.89. The highest BCUT2D eigenvalue weighted by Crippen LogP contribution is 2.20. The van der Waals surface area contributed by atoms with Crippen LogP contribution in [0.2, 0.25) is 0 Å². The number of carbonyl (C=O) groups is 2. The molecule has 0 saturated heterocycles. The van der Waals surface area contributed by atoms with E-state index in [0.717, 1.165) is 29.4 Å². The Labute approximate surface area is 146 Å². The van der Waals surface area contributed by atoms with Gasteiger partial charge in [0.1, 0.15) is 0 Å². The standard InChI is InChI=1S/C18H23BrN2O2/c1-14(22)21(11-10-15-6-3-2-4-7-15)13-18(23)20-17-9-5-8-16(19)12-17/h5-6,8-9,12H,2-4,7,10-11,13H2,1H3,(H,20,23). The summed E-state index contributed by atoms with van der Waals surface area (Å²) < 4.78 is 0.906. The molecule has 5 heteroatoms. The van der Waals surface area contributed by atoms with Crippen molar-refractivity contribution in [3.63, 3.8) is 0 Å². The second kappa shape index (κ2) is 8.87. The molecule has 0 aromatic heterocycles. The lowest BCUT2D eigenvalue weighted by molar-refractivity contribution is -0.132. The fourth-order valence-electron chi connectivity index (χ4n) is 2.70. The van der Waals surface area contributed by atoms with Gasteiger partial charge in [0.05, 0.1) is 6.54 Å². The molecule has 0 unspecified atom stereocenters. The lowest BCUT2D eigenvalue weighted by Crippen LogP contribution is -2.37. The van der Waals surface area contributed by atoms with Crippen LogP contribution in [0.5, 0.6) is 0 Å². The van der Waals surface area contributed by atoms with Crippen molar-refractivity contribution in [3.8, 4) is 0 Å². The Morgan fingerprint density at radius 3 is 2.78 bits per heavy atom. The summed E-state index contributed by atoms with van der Waals surface area (Å²) in [5.41, 5.74) is 2.14. The van der Waals surface area contributed by atoms with Gasteiger partial charge in [-0.1, -0.05) is 33.6 Å². The number of halogens is 1. The van der Waals surface area contributed by atoms with E-state index < -0.39 is 0 Å². The van der Waals surface area contributed by atoms with Crippen molar-refractivity contribution in [1.82, 2.24) is 4.90 Å². The van der Waals surface area contributed by atoms with Crippen LogP contribution >= 0.6 is 15.9 Å². The highest BCUT2D eigenvalue weighted by atomic mass is 79.9. The maximum absolute atomic E-state index is 12.2. The summed E-state index contributed by atoms with van der Waals surface area (Å²) in [7, 11) is 0. The number of hydrogen-bond donors (Lipinski definition) is 1. The topological polar surface area (TPSA) is 49.4 Å². The minimum atomic E-state index is -0.170. The SMILES string of the molecule is CC(=O)N(CCC1=CCCCC1)CC(=O)Nc1cccc(Br)c1. The smallest absolute Gasteiger partial charge is 0.243 e. The van der Waals surface area contributed by atoms with E-state index in [9.17, 15) is 9.59 Å². The van der Waals surface area contributed by atoms with Gasteiger partial charge in [-0.2, -0.15) is 0 Å². The Hall–Kier alpha value is -1.62. The summed E-state index contributed by atoms with van der Waals surface area (Å²) >= 11 is 3.37. The fourth-order valence-corrected chi connectivity index (χ4v) is 3.10. The van der Waals surface area contributed by atoms with E-state index in [-0.39, 0.29) is 18.4 Å². The van der Waals surface area contributed by atoms with Gasteiger partial charge in [0.2, 0.25) is 11.8 Å². The average molecular weight is 379 g/mol. The van der Waals surface area contributed by atoms with Crippen molar-refractivity contribution in [2.75, 3.05) is 18.4 Å². The molecule has 0 spiro atoms. The highest BCUT2D eigenvalue weighted by molar-refractivity contribution is 9.10. The van der Waals surface area contributed by atoms with Crippen LogP contribution in [0.15, 0.2) is 40.4 Å². The minimum absolute atomic E-state index is 0.0641. The van der Waals surface area contributed by atoms with Crippen molar-refractivity contribution in [2.24, 2.45) is 0 Å². The van der Waals surface area contributed by atoms with Crippen molar-refractivity contribution in [2.45, 2.75) is 39.0 Å². The molecule has 2 rings (SSSR count). The number of allylic oxidation sites excluding steroid dienone is 1. The predicted molar refractivity (Wildman–Crippen MR) is 96.2 cm³/mol. The molecule has 1 aliphatic rings. The molecule has 0 saturated carbocycles. The van der Waals surface area contributed by atoms with Crippen LogP contribution in [0.3, 0.4) is 0 Å². The molecule has 2 amide bonds. The second-order valence-electron chi connectivity index (χ2n) is 5.86. The van der Waals surface area contributed by atoms with Gasteiger partial charge < -0.3 is 10.2 Å².